The number of unbranched alkanes of at least 4 members (excludes halogenated alkanes) is 6. The van der Waals surface area contributed by atoms with Gasteiger partial charge < -0.3 is 37.0 Å². The summed E-state index contributed by atoms with van der Waals surface area (Å²) in [7, 11) is 0.486. The summed E-state index contributed by atoms with van der Waals surface area (Å²) in [5.74, 6) is 1.12. The molecule has 3 fully saturated rings. The Bertz CT molecular complexity index is 1470. The molecule has 2 aromatic rings. The number of quaternary nitrogens is 1. The van der Waals surface area contributed by atoms with E-state index >= 15 is 0 Å². The van der Waals surface area contributed by atoms with Gasteiger partial charge in [-0.15, -0.1) is 0 Å². The van der Waals surface area contributed by atoms with Crippen molar-refractivity contribution in [2.24, 2.45) is 5.92 Å². The quantitative estimate of drug-likeness (QED) is 0.116. The molecule has 3 N–H and O–H groups in total. The van der Waals surface area contributed by atoms with Gasteiger partial charge in [0.05, 0.1) is 42.9 Å². The molecule has 6 rings (SSSR count). The van der Waals surface area contributed by atoms with E-state index in [9.17, 15) is 8.42 Å². The zero-order valence-corrected chi connectivity index (χ0v) is 34.5. The van der Waals surface area contributed by atoms with Gasteiger partial charge >= 0.3 is 0 Å². The molecule has 4 aliphatic heterocycles. The molecule has 0 aliphatic carbocycles. The Kier molecular flexibility index (Phi) is 15.5. The van der Waals surface area contributed by atoms with Crippen LogP contribution in [0.2, 0.25) is 0 Å². The van der Waals surface area contributed by atoms with Crippen molar-refractivity contribution in [2.45, 2.75) is 120 Å². The van der Waals surface area contributed by atoms with Crippen LogP contribution in [0.1, 0.15) is 121 Å². The molecule has 10 heteroatoms. The van der Waals surface area contributed by atoms with Gasteiger partial charge in [0, 0.05) is 44.0 Å². The van der Waals surface area contributed by atoms with Crippen LogP contribution in [0.3, 0.4) is 0 Å². The Morgan fingerprint density at radius 1 is 0.920 bits per heavy atom. The normalized spacial score (nSPS) is 23.3. The molecule has 1 unspecified atom stereocenters. The van der Waals surface area contributed by atoms with Crippen LogP contribution in [-0.2, 0) is 9.84 Å². The second-order valence-corrected chi connectivity index (χ2v) is 18.0. The molecule has 4 heterocycles. The van der Waals surface area contributed by atoms with Gasteiger partial charge in [0.25, 0.3) is 0 Å². The van der Waals surface area contributed by atoms with Gasteiger partial charge in [0.15, 0.2) is 14.9 Å². The van der Waals surface area contributed by atoms with Crippen molar-refractivity contribution in [2.75, 3.05) is 62.8 Å². The molecular weight excluding hydrogens is 727 g/mol. The van der Waals surface area contributed by atoms with Gasteiger partial charge in [-0.3, -0.25) is 5.32 Å². The maximum absolute atomic E-state index is 14.3. The predicted octanol–water partition coefficient (Wildman–Crippen LogP) is 5.21. The predicted molar refractivity (Wildman–Crippen MR) is 210 cm³/mol. The summed E-state index contributed by atoms with van der Waals surface area (Å²) in [6.07, 6.45) is 16.0. The largest absolute Gasteiger partial charge is 1.00 e. The minimum Gasteiger partial charge on any atom is -1.00 e. The van der Waals surface area contributed by atoms with Gasteiger partial charge in [-0.05, 0) is 91.7 Å². The van der Waals surface area contributed by atoms with Crippen molar-refractivity contribution in [3.05, 3.63) is 53.6 Å². The molecule has 280 valence electrons. The van der Waals surface area contributed by atoms with E-state index in [2.05, 4.69) is 65.0 Å². The first-order chi connectivity index (χ1) is 23.6. The molecule has 3 saturated heterocycles. The number of benzene rings is 2. The first kappa shape index (κ1) is 41.0. The number of piperidine rings is 3. The van der Waals surface area contributed by atoms with Gasteiger partial charge in [0.2, 0.25) is 0 Å². The molecule has 0 amide bonds. The summed E-state index contributed by atoms with van der Waals surface area (Å²) < 4.78 is 30.0. The average Bonchev–Trinajstić information content (AvgIpc) is 3.19. The molecular formula is C40H64BrN5O2S2. The zero-order chi connectivity index (χ0) is 34.9. The molecule has 50 heavy (non-hydrogen) atoms. The highest BCUT2D eigenvalue weighted by atomic mass is 79.9. The van der Waals surface area contributed by atoms with Crippen molar-refractivity contribution in [3.8, 4) is 0 Å². The number of halogens is 1. The smallest absolute Gasteiger partial charge is 0.180 e. The van der Waals surface area contributed by atoms with E-state index in [1.54, 1.807) is 0 Å². The SMILES string of the molecule is CCCCCCC1(CCCCCC)CS(=O)(=O)c2ccc(N(C)C)cc2C(c2cccc(NC(=S)NCCC[N+]34CCC(CC3)CC4)c2)N1.[Br-]. The first-order valence-electron chi connectivity index (χ1n) is 19.4. The van der Waals surface area contributed by atoms with Crippen LogP contribution < -0.4 is 37.8 Å². The first-order valence-corrected chi connectivity index (χ1v) is 21.5. The van der Waals surface area contributed by atoms with E-state index in [4.69, 9.17) is 12.2 Å². The lowest BCUT2D eigenvalue weighted by molar-refractivity contribution is -0.942. The van der Waals surface area contributed by atoms with Crippen LogP contribution in [0, 0.1) is 5.92 Å². The molecule has 7 nitrogen and oxygen atoms in total. The second-order valence-electron chi connectivity index (χ2n) is 15.7. The summed E-state index contributed by atoms with van der Waals surface area (Å²) in [6, 6.07) is 14.0. The van der Waals surface area contributed by atoms with Gasteiger partial charge in [-0.25, -0.2) is 8.42 Å². The number of anilines is 2. The number of nitrogens with zero attached hydrogens (tertiary/aromatic N) is 2. The Balaban J connectivity index is 0.00000562. The molecule has 0 aromatic heterocycles. The Labute approximate surface area is 320 Å². The fraction of sp³-hybridized carbons (Fsp3) is 0.675. The molecule has 1 atom stereocenters. The summed E-state index contributed by atoms with van der Waals surface area (Å²) in [6.45, 7) is 10.6. The van der Waals surface area contributed by atoms with E-state index in [1.807, 2.05) is 26.2 Å². The van der Waals surface area contributed by atoms with Gasteiger partial charge in [-0.2, -0.15) is 0 Å². The van der Waals surface area contributed by atoms with Gasteiger partial charge in [-0.1, -0.05) is 77.3 Å². The summed E-state index contributed by atoms with van der Waals surface area (Å²) >= 11 is 5.78. The van der Waals surface area contributed by atoms with Crippen molar-refractivity contribution in [1.29, 1.82) is 0 Å². The second kappa shape index (κ2) is 18.9. The molecule has 4 aliphatic rings. The van der Waals surface area contributed by atoms with E-state index < -0.39 is 15.4 Å². The minimum absolute atomic E-state index is 0. The van der Waals surface area contributed by atoms with Crippen LogP contribution in [0.15, 0.2) is 47.4 Å². The Morgan fingerprint density at radius 2 is 1.58 bits per heavy atom. The van der Waals surface area contributed by atoms with E-state index in [0.29, 0.717) is 10.0 Å². The van der Waals surface area contributed by atoms with Crippen molar-refractivity contribution in [3.63, 3.8) is 0 Å². The summed E-state index contributed by atoms with van der Waals surface area (Å²) in [5.41, 5.74) is 3.31. The van der Waals surface area contributed by atoms with Crippen LogP contribution >= 0.6 is 12.2 Å². The lowest BCUT2D eigenvalue weighted by atomic mass is 9.85. The number of hydrogen-bond acceptors (Lipinski definition) is 5. The molecule has 0 saturated carbocycles. The lowest BCUT2D eigenvalue weighted by Gasteiger charge is -2.49. The average molecular weight is 791 g/mol. The lowest BCUT2D eigenvalue weighted by Crippen LogP contribution is -3.00. The Morgan fingerprint density at radius 3 is 2.20 bits per heavy atom. The molecule has 2 aromatic carbocycles. The number of sulfone groups is 1. The highest BCUT2D eigenvalue weighted by Crippen LogP contribution is 2.41. The summed E-state index contributed by atoms with van der Waals surface area (Å²) in [4.78, 5) is 2.51. The number of nitrogens with one attached hydrogen (secondary N) is 3. The van der Waals surface area contributed by atoms with Crippen molar-refractivity contribution >= 4 is 38.5 Å². The number of rotatable bonds is 17. The topological polar surface area (TPSA) is 73.5 Å². The molecule has 2 bridgehead atoms. The van der Waals surface area contributed by atoms with E-state index in [1.165, 1.54) is 62.8 Å². The number of thiocarbonyl (C=S) groups is 1. The fourth-order valence-corrected chi connectivity index (χ4v) is 11.0. The van der Waals surface area contributed by atoms with E-state index in [0.717, 1.165) is 92.8 Å². The zero-order valence-electron chi connectivity index (χ0n) is 31.2. The maximum Gasteiger partial charge on any atom is 0.180 e. The van der Waals surface area contributed by atoms with Crippen molar-refractivity contribution in [1.82, 2.24) is 10.6 Å². The van der Waals surface area contributed by atoms with E-state index in [-0.39, 0.29) is 28.8 Å². The maximum atomic E-state index is 14.3. The van der Waals surface area contributed by atoms with Crippen LogP contribution in [0.4, 0.5) is 11.4 Å². The van der Waals surface area contributed by atoms with Crippen LogP contribution in [-0.4, -0.2) is 76.1 Å². The third kappa shape index (κ3) is 10.7. The third-order valence-corrected chi connectivity index (χ3v) is 13.9. The fourth-order valence-electron chi connectivity index (χ4n) is 8.71. The monoisotopic (exact) mass is 789 g/mol. The molecule has 0 radical (unpaired) electrons. The highest BCUT2D eigenvalue weighted by molar-refractivity contribution is 7.91. The molecule has 0 spiro atoms. The number of fused-ring (bicyclic) bond motifs is 4. The summed E-state index contributed by atoms with van der Waals surface area (Å²) in [5, 5.41) is 11.6. The Hall–Kier alpha value is -1.72. The number of hydrogen-bond donors (Lipinski definition) is 3. The standard InChI is InChI=1S/C40H63N5O2S2.BrH/c1-5-7-9-11-22-40(23-12-10-8-6-2)31-49(46,47)37-18-17-35(44(3)4)30-36(37)38(43-40)33-15-13-16-34(29-33)42-39(48)41-24-14-25-45-26-19-32(20-27-45)21-28-45;/h13,15-18,29-30,32,38,43H,5-12,14,19-28,31H2,1-4H3,(H-,41,42,48);1H. The van der Waals surface area contributed by atoms with Crippen LogP contribution in [0.5, 0.6) is 0 Å². The highest BCUT2D eigenvalue weighted by Gasteiger charge is 2.43. The van der Waals surface area contributed by atoms with Crippen molar-refractivity contribution < 1.29 is 29.9 Å². The third-order valence-electron chi connectivity index (χ3n) is 11.7. The van der Waals surface area contributed by atoms with Crippen LogP contribution in [0.25, 0.3) is 0 Å². The van der Waals surface area contributed by atoms with Gasteiger partial charge in [0.1, 0.15) is 0 Å². The minimum atomic E-state index is -3.54.